The van der Waals surface area contributed by atoms with E-state index in [4.69, 9.17) is 16.3 Å². The Hall–Kier alpha value is -3.20. The van der Waals surface area contributed by atoms with Gasteiger partial charge in [-0.15, -0.1) is 0 Å². The monoisotopic (exact) mass is 506 g/mol. The zero-order valence-electron chi connectivity index (χ0n) is 19.5. The fourth-order valence-corrected chi connectivity index (χ4v) is 4.44. The molecule has 0 saturated carbocycles. The number of hydrogen-bond donors (Lipinski definition) is 2. The maximum Gasteiger partial charge on any atom is 0.410 e. The van der Waals surface area contributed by atoms with E-state index in [1.165, 1.54) is 6.20 Å². The fraction of sp³-hybridized carbons (Fsp3) is 0.360. The minimum Gasteiger partial charge on any atom is -0.497 e. The SMILES string of the molecule is COc1ccc(CC(C)(C)NC(=O)c2cnn3c2NC(c2ccc(Cl)cc2)CC3C(F)(F)F)cc1. The number of rotatable bonds is 6. The van der Waals surface area contributed by atoms with E-state index in [1.54, 1.807) is 31.4 Å². The molecule has 0 fully saturated rings. The highest BCUT2D eigenvalue weighted by Gasteiger charge is 2.47. The Balaban J connectivity index is 1.58. The van der Waals surface area contributed by atoms with Crippen molar-refractivity contribution in [1.29, 1.82) is 0 Å². The number of aromatic nitrogens is 2. The predicted octanol–water partition coefficient (Wildman–Crippen LogP) is 5.96. The van der Waals surface area contributed by atoms with E-state index in [-0.39, 0.29) is 17.8 Å². The van der Waals surface area contributed by atoms with Gasteiger partial charge in [-0.25, -0.2) is 4.68 Å². The number of carbonyl (C=O) groups is 1. The maximum atomic E-state index is 13.9. The third-order valence-corrected chi connectivity index (χ3v) is 6.26. The summed E-state index contributed by atoms with van der Waals surface area (Å²) in [6.07, 6.45) is -3.10. The number of nitrogens with zero attached hydrogens (tertiary/aromatic N) is 2. The molecule has 6 nitrogen and oxygen atoms in total. The number of carbonyl (C=O) groups excluding carboxylic acids is 1. The Bertz CT molecular complexity index is 1190. The van der Waals surface area contributed by atoms with E-state index >= 15 is 0 Å². The second kappa shape index (κ2) is 9.45. The lowest BCUT2D eigenvalue weighted by Gasteiger charge is -2.34. The van der Waals surface area contributed by atoms with Crippen LogP contribution in [0.2, 0.25) is 5.02 Å². The van der Waals surface area contributed by atoms with Crippen molar-refractivity contribution in [1.82, 2.24) is 15.1 Å². The van der Waals surface area contributed by atoms with Gasteiger partial charge in [0.25, 0.3) is 5.91 Å². The molecule has 2 unspecified atom stereocenters. The van der Waals surface area contributed by atoms with Crippen LogP contribution in [0.3, 0.4) is 0 Å². The van der Waals surface area contributed by atoms with Crippen LogP contribution in [0.5, 0.6) is 5.75 Å². The van der Waals surface area contributed by atoms with Crippen LogP contribution in [0, 0.1) is 0 Å². The molecule has 35 heavy (non-hydrogen) atoms. The number of alkyl halides is 3. The molecule has 0 saturated heterocycles. The van der Waals surface area contributed by atoms with Crippen molar-refractivity contribution in [2.45, 2.75) is 50.5 Å². The molecule has 4 rings (SSSR count). The molecule has 3 aromatic rings. The quantitative estimate of drug-likeness (QED) is 0.433. The van der Waals surface area contributed by atoms with E-state index in [0.29, 0.717) is 17.0 Å². The number of halogens is 4. The predicted molar refractivity (Wildman–Crippen MR) is 128 cm³/mol. The summed E-state index contributed by atoms with van der Waals surface area (Å²) < 4.78 is 47.8. The number of ether oxygens (including phenoxy) is 1. The number of nitrogens with one attached hydrogen (secondary N) is 2. The van der Waals surface area contributed by atoms with Crippen LogP contribution in [0.25, 0.3) is 0 Å². The van der Waals surface area contributed by atoms with Gasteiger partial charge in [-0.3, -0.25) is 4.79 Å². The number of hydrogen-bond acceptors (Lipinski definition) is 4. The average molecular weight is 507 g/mol. The van der Waals surface area contributed by atoms with Crippen LogP contribution in [0.4, 0.5) is 19.0 Å². The zero-order valence-corrected chi connectivity index (χ0v) is 20.2. The Labute approximate surface area is 206 Å². The average Bonchev–Trinajstić information content (AvgIpc) is 3.22. The minimum atomic E-state index is -4.53. The number of fused-ring (bicyclic) bond motifs is 1. The number of amides is 1. The summed E-state index contributed by atoms with van der Waals surface area (Å²) in [4.78, 5) is 13.2. The Morgan fingerprint density at radius 3 is 2.43 bits per heavy atom. The molecule has 1 aromatic heterocycles. The van der Waals surface area contributed by atoms with Gasteiger partial charge in [0, 0.05) is 17.0 Å². The van der Waals surface area contributed by atoms with Crippen molar-refractivity contribution in [3.05, 3.63) is 76.4 Å². The lowest BCUT2D eigenvalue weighted by atomic mass is 9.94. The molecule has 2 aromatic carbocycles. The van der Waals surface area contributed by atoms with Gasteiger partial charge in [-0.1, -0.05) is 35.9 Å². The topological polar surface area (TPSA) is 68.2 Å². The molecule has 0 bridgehead atoms. The molecule has 0 radical (unpaired) electrons. The highest BCUT2D eigenvalue weighted by atomic mass is 35.5. The van der Waals surface area contributed by atoms with Crippen molar-refractivity contribution < 1.29 is 22.7 Å². The molecular weight excluding hydrogens is 481 g/mol. The molecule has 2 atom stereocenters. The Morgan fingerprint density at radius 2 is 1.83 bits per heavy atom. The summed E-state index contributed by atoms with van der Waals surface area (Å²) in [6.45, 7) is 3.71. The first kappa shape index (κ1) is 24.9. The molecule has 2 heterocycles. The molecule has 1 aliphatic rings. The van der Waals surface area contributed by atoms with Gasteiger partial charge in [-0.2, -0.15) is 18.3 Å². The fourth-order valence-electron chi connectivity index (χ4n) is 4.32. The zero-order chi connectivity index (χ0) is 25.4. The lowest BCUT2D eigenvalue weighted by Crippen LogP contribution is -2.45. The Kier molecular flexibility index (Phi) is 6.73. The molecule has 0 aliphatic carbocycles. The summed E-state index contributed by atoms with van der Waals surface area (Å²) in [6, 6.07) is 11.6. The summed E-state index contributed by atoms with van der Waals surface area (Å²) in [5.41, 5.74) is 1.00. The van der Waals surface area contributed by atoms with E-state index in [2.05, 4.69) is 15.7 Å². The maximum absolute atomic E-state index is 13.9. The van der Waals surface area contributed by atoms with Crippen molar-refractivity contribution in [3.8, 4) is 5.75 Å². The number of methoxy groups -OCH3 is 1. The largest absolute Gasteiger partial charge is 0.497 e. The van der Waals surface area contributed by atoms with Gasteiger partial charge in [-0.05, 0) is 55.7 Å². The Morgan fingerprint density at radius 1 is 1.17 bits per heavy atom. The first-order valence-corrected chi connectivity index (χ1v) is 11.5. The van der Waals surface area contributed by atoms with Crippen LogP contribution < -0.4 is 15.4 Å². The summed E-state index contributed by atoms with van der Waals surface area (Å²) >= 11 is 5.94. The molecular formula is C25H26ClF3N4O2. The minimum absolute atomic E-state index is 0.0382. The van der Waals surface area contributed by atoms with E-state index in [0.717, 1.165) is 16.0 Å². The highest BCUT2D eigenvalue weighted by Crippen LogP contribution is 2.44. The van der Waals surface area contributed by atoms with Crippen LogP contribution in [0.15, 0.2) is 54.7 Å². The van der Waals surface area contributed by atoms with Gasteiger partial charge in [0.05, 0.1) is 19.3 Å². The third-order valence-electron chi connectivity index (χ3n) is 6.01. The lowest BCUT2D eigenvalue weighted by molar-refractivity contribution is -0.173. The first-order valence-electron chi connectivity index (χ1n) is 11.1. The van der Waals surface area contributed by atoms with Gasteiger partial charge in [0.1, 0.15) is 17.1 Å². The van der Waals surface area contributed by atoms with E-state index in [1.807, 2.05) is 38.1 Å². The third kappa shape index (κ3) is 5.56. The first-order chi connectivity index (χ1) is 16.5. The summed E-state index contributed by atoms with van der Waals surface area (Å²) in [5, 5.41) is 10.5. The second-order valence-electron chi connectivity index (χ2n) is 9.26. The van der Waals surface area contributed by atoms with Crippen LogP contribution in [-0.2, 0) is 6.42 Å². The van der Waals surface area contributed by atoms with Crippen molar-refractivity contribution in [2.75, 3.05) is 12.4 Å². The second-order valence-corrected chi connectivity index (χ2v) is 9.69. The normalized spacial score (nSPS) is 17.9. The standard InChI is InChI=1S/C25H26ClF3N4O2/c1-24(2,13-15-4-10-18(35-3)11-5-15)32-23(34)19-14-30-33-21(25(27,28)29)12-20(31-22(19)33)16-6-8-17(26)9-7-16/h4-11,14,20-21,31H,12-13H2,1-3H3,(H,32,34). The van der Waals surface area contributed by atoms with Crippen molar-refractivity contribution in [2.24, 2.45) is 0 Å². The van der Waals surface area contributed by atoms with Gasteiger partial charge in [0.2, 0.25) is 0 Å². The van der Waals surface area contributed by atoms with E-state index < -0.39 is 29.7 Å². The summed E-state index contributed by atoms with van der Waals surface area (Å²) in [7, 11) is 1.58. The molecule has 1 amide bonds. The van der Waals surface area contributed by atoms with E-state index in [9.17, 15) is 18.0 Å². The molecule has 1 aliphatic heterocycles. The van der Waals surface area contributed by atoms with Crippen LogP contribution in [-0.4, -0.2) is 34.5 Å². The van der Waals surface area contributed by atoms with Gasteiger partial charge in [0.15, 0.2) is 6.04 Å². The molecule has 0 spiro atoms. The number of anilines is 1. The van der Waals surface area contributed by atoms with Crippen molar-refractivity contribution >= 4 is 23.3 Å². The molecule has 2 N–H and O–H groups in total. The molecule has 10 heteroatoms. The summed E-state index contributed by atoms with van der Waals surface area (Å²) in [5.74, 6) is 0.258. The number of benzene rings is 2. The van der Waals surface area contributed by atoms with Crippen LogP contribution in [0.1, 0.15) is 53.8 Å². The van der Waals surface area contributed by atoms with Gasteiger partial charge < -0.3 is 15.4 Å². The highest BCUT2D eigenvalue weighted by molar-refractivity contribution is 6.30. The molecule has 186 valence electrons. The van der Waals surface area contributed by atoms with Gasteiger partial charge >= 0.3 is 6.18 Å². The van der Waals surface area contributed by atoms with Crippen LogP contribution >= 0.6 is 11.6 Å². The van der Waals surface area contributed by atoms with Crippen molar-refractivity contribution in [3.63, 3.8) is 0 Å². The smallest absolute Gasteiger partial charge is 0.410 e.